The maximum Gasteiger partial charge on any atom is 0.261 e. The number of nitrogens with two attached hydrogens (primary N) is 1. The molecule has 0 fully saturated rings. The molecular weight excluding hydrogens is 318 g/mol. The number of aryl methyl sites for hydroxylation is 1. The molecule has 0 aliphatic carbocycles. The molecule has 0 radical (unpaired) electrons. The van der Waals surface area contributed by atoms with Gasteiger partial charge in [-0.1, -0.05) is 6.07 Å². The van der Waals surface area contributed by atoms with Gasteiger partial charge < -0.3 is 4.90 Å². The normalized spacial score (nSPS) is 12.0. The highest BCUT2D eigenvalue weighted by atomic mass is 16.6. The second-order valence-corrected chi connectivity index (χ2v) is 5.63. The Hall–Kier alpha value is -2.77. The molecule has 7 nitrogen and oxygen atoms in total. The Morgan fingerprint density at radius 1 is 1.40 bits per heavy atom. The van der Waals surface area contributed by atoms with E-state index in [1.165, 1.54) is 0 Å². The van der Waals surface area contributed by atoms with Crippen molar-refractivity contribution in [3.05, 3.63) is 65.4 Å². The first kappa shape index (κ1) is 18.6. The number of carbonyl (C=O) groups is 1. The monoisotopic (exact) mass is 342 g/mol. The molecule has 0 saturated heterocycles. The molecule has 0 saturated carbocycles. The molecule has 0 unspecified atom stereocenters. The lowest BCUT2D eigenvalue weighted by molar-refractivity contribution is -0.842. The minimum absolute atomic E-state index is 0.116. The Morgan fingerprint density at radius 3 is 2.84 bits per heavy atom. The van der Waals surface area contributed by atoms with Crippen LogP contribution in [0.4, 0.5) is 0 Å². The van der Waals surface area contributed by atoms with Gasteiger partial charge in [0.1, 0.15) is 6.20 Å². The van der Waals surface area contributed by atoms with Gasteiger partial charge in [0.15, 0.2) is 5.82 Å². The lowest BCUT2D eigenvalue weighted by atomic mass is 10.2. The number of aromatic nitrogens is 3. The topological polar surface area (TPSA) is 76.9 Å². The Labute approximate surface area is 147 Å². The standard InChI is InChI=1S/C18H23N5O2/c1-13-8-6-10-19-17(13)23-15(3)16(12-20-23)18(24)22(4)14(2)9-7-11-21-25-5/h6-12,21H,1-5H3/p+1/b11-7-,14-9+. The zero-order valence-corrected chi connectivity index (χ0v) is 15.2. The minimum Gasteiger partial charge on any atom is -0.315 e. The summed E-state index contributed by atoms with van der Waals surface area (Å²) < 4.78 is 1.70. The zero-order valence-electron chi connectivity index (χ0n) is 15.2. The number of quaternary nitrogens is 1. The molecule has 0 aromatic carbocycles. The van der Waals surface area contributed by atoms with Crippen molar-refractivity contribution in [3.63, 3.8) is 0 Å². The number of hydrogen-bond donors (Lipinski definition) is 1. The van der Waals surface area contributed by atoms with Crippen molar-refractivity contribution in [1.82, 2.24) is 19.7 Å². The summed E-state index contributed by atoms with van der Waals surface area (Å²) in [4.78, 5) is 23.6. The van der Waals surface area contributed by atoms with E-state index < -0.39 is 0 Å². The van der Waals surface area contributed by atoms with Crippen LogP contribution < -0.4 is 5.48 Å². The SMILES string of the molecule is CO[NH2+]/C=C\C=C(/C)N(C)C(=O)c1cnn(-c2ncccc2C)c1C. The van der Waals surface area contributed by atoms with Crippen LogP contribution in [0.3, 0.4) is 0 Å². The third-order valence-electron chi connectivity index (χ3n) is 3.92. The van der Waals surface area contributed by atoms with Crippen molar-refractivity contribution in [2.75, 3.05) is 14.2 Å². The van der Waals surface area contributed by atoms with E-state index in [0.29, 0.717) is 5.56 Å². The van der Waals surface area contributed by atoms with Gasteiger partial charge in [0, 0.05) is 18.9 Å². The fourth-order valence-corrected chi connectivity index (χ4v) is 2.30. The number of hydrogen-bond acceptors (Lipinski definition) is 4. The van der Waals surface area contributed by atoms with E-state index in [9.17, 15) is 4.79 Å². The quantitative estimate of drug-likeness (QED) is 0.637. The van der Waals surface area contributed by atoms with Crippen molar-refractivity contribution >= 4 is 5.91 Å². The summed E-state index contributed by atoms with van der Waals surface area (Å²) in [6.07, 6.45) is 8.72. The smallest absolute Gasteiger partial charge is 0.261 e. The lowest BCUT2D eigenvalue weighted by Crippen LogP contribution is -2.75. The van der Waals surface area contributed by atoms with Gasteiger partial charge in [-0.05, 0) is 44.6 Å². The summed E-state index contributed by atoms with van der Waals surface area (Å²) in [5.41, 5.74) is 4.68. The average molecular weight is 342 g/mol. The van der Waals surface area contributed by atoms with E-state index in [2.05, 4.69) is 10.1 Å². The highest BCUT2D eigenvalue weighted by molar-refractivity contribution is 5.96. The molecule has 2 rings (SSSR count). The molecule has 2 aromatic rings. The van der Waals surface area contributed by atoms with Crippen molar-refractivity contribution in [2.45, 2.75) is 20.8 Å². The van der Waals surface area contributed by atoms with E-state index in [4.69, 9.17) is 4.84 Å². The summed E-state index contributed by atoms with van der Waals surface area (Å²) in [7, 11) is 3.32. The van der Waals surface area contributed by atoms with Gasteiger partial charge in [-0.3, -0.25) is 4.79 Å². The Bertz CT molecular complexity index is 808. The Balaban J connectivity index is 2.25. The molecule has 0 atom stereocenters. The summed E-state index contributed by atoms with van der Waals surface area (Å²) in [5, 5.41) is 4.35. The molecule has 0 aliphatic rings. The predicted molar refractivity (Wildman–Crippen MR) is 94.8 cm³/mol. The third kappa shape index (κ3) is 4.20. The first-order valence-corrected chi connectivity index (χ1v) is 7.91. The maximum absolute atomic E-state index is 12.8. The molecule has 7 heteroatoms. The van der Waals surface area contributed by atoms with Crippen LogP contribution in [0.1, 0.15) is 28.5 Å². The van der Waals surface area contributed by atoms with Crippen LogP contribution in [0.25, 0.3) is 5.82 Å². The first-order chi connectivity index (χ1) is 12.0. The molecule has 0 aliphatic heterocycles. The maximum atomic E-state index is 12.8. The number of amides is 1. The van der Waals surface area contributed by atoms with Crippen molar-refractivity contribution in [2.24, 2.45) is 0 Å². The zero-order chi connectivity index (χ0) is 18.4. The molecule has 1 amide bonds. The molecule has 2 heterocycles. The molecule has 25 heavy (non-hydrogen) atoms. The summed E-state index contributed by atoms with van der Waals surface area (Å²) in [5.74, 6) is 0.613. The molecule has 132 valence electrons. The Kier molecular flexibility index (Phi) is 6.21. The van der Waals surface area contributed by atoms with Gasteiger partial charge in [-0.2, -0.15) is 10.6 Å². The van der Waals surface area contributed by atoms with E-state index in [0.717, 1.165) is 22.8 Å². The molecule has 0 bridgehead atoms. The van der Waals surface area contributed by atoms with Crippen LogP contribution in [-0.2, 0) is 4.84 Å². The molecular formula is C18H24N5O2+. The highest BCUT2D eigenvalue weighted by Gasteiger charge is 2.20. The first-order valence-electron chi connectivity index (χ1n) is 7.91. The fraction of sp³-hybridized carbons (Fsp3) is 0.278. The molecule has 2 aromatic heterocycles. The number of rotatable bonds is 6. The largest absolute Gasteiger partial charge is 0.315 e. The number of pyridine rings is 1. The van der Waals surface area contributed by atoms with Gasteiger partial charge in [-0.25, -0.2) is 14.5 Å². The number of nitrogens with zero attached hydrogens (tertiary/aromatic N) is 4. The Morgan fingerprint density at radius 2 is 2.16 bits per heavy atom. The van der Waals surface area contributed by atoms with Crippen molar-refractivity contribution in [3.8, 4) is 5.82 Å². The van der Waals surface area contributed by atoms with E-state index in [1.54, 1.807) is 47.8 Å². The lowest BCUT2D eigenvalue weighted by Gasteiger charge is -2.17. The second kappa shape index (κ2) is 8.36. The van der Waals surface area contributed by atoms with Crippen LogP contribution in [0.5, 0.6) is 0 Å². The van der Waals surface area contributed by atoms with Crippen molar-refractivity contribution in [1.29, 1.82) is 0 Å². The summed E-state index contributed by atoms with van der Waals surface area (Å²) in [6, 6.07) is 3.84. The van der Waals surface area contributed by atoms with E-state index in [1.807, 2.05) is 45.1 Å². The van der Waals surface area contributed by atoms with Crippen LogP contribution in [0.2, 0.25) is 0 Å². The van der Waals surface area contributed by atoms with Gasteiger partial charge in [-0.15, -0.1) is 0 Å². The van der Waals surface area contributed by atoms with Gasteiger partial charge in [0.25, 0.3) is 5.91 Å². The predicted octanol–water partition coefficient (Wildman–Crippen LogP) is 1.50. The van der Waals surface area contributed by atoms with Crippen LogP contribution in [-0.4, -0.2) is 39.7 Å². The van der Waals surface area contributed by atoms with E-state index in [-0.39, 0.29) is 5.91 Å². The number of hydroxylamine groups is 1. The molecule has 2 N–H and O–H groups in total. The van der Waals surface area contributed by atoms with Gasteiger partial charge in [0.2, 0.25) is 0 Å². The number of allylic oxidation sites excluding steroid dienone is 3. The highest BCUT2D eigenvalue weighted by Crippen LogP contribution is 2.17. The van der Waals surface area contributed by atoms with Gasteiger partial charge >= 0.3 is 0 Å². The third-order valence-corrected chi connectivity index (χ3v) is 3.92. The average Bonchev–Trinajstić information content (AvgIpc) is 2.99. The van der Waals surface area contributed by atoms with Crippen LogP contribution in [0, 0.1) is 13.8 Å². The van der Waals surface area contributed by atoms with E-state index >= 15 is 0 Å². The van der Waals surface area contributed by atoms with Gasteiger partial charge in [0.05, 0.1) is 24.6 Å². The van der Waals surface area contributed by atoms with Crippen molar-refractivity contribution < 1.29 is 15.1 Å². The molecule has 0 spiro atoms. The summed E-state index contributed by atoms with van der Waals surface area (Å²) in [6.45, 7) is 5.71. The fourth-order valence-electron chi connectivity index (χ4n) is 2.30. The second-order valence-electron chi connectivity index (χ2n) is 5.63. The minimum atomic E-state index is -0.116. The van der Waals surface area contributed by atoms with Crippen LogP contribution >= 0.6 is 0 Å². The number of carbonyl (C=O) groups excluding carboxylic acids is 1. The van der Waals surface area contributed by atoms with Crippen LogP contribution in [0.15, 0.2) is 48.6 Å². The summed E-state index contributed by atoms with van der Waals surface area (Å²) >= 11 is 0.